The number of hydrogen-bond donors (Lipinski definition) is 0. The van der Waals surface area contributed by atoms with Crippen molar-refractivity contribution in [3.63, 3.8) is 0 Å². The Hall–Kier alpha value is -0.520. The van der Waals surface area contributed by atoms with Gasteiger partial charge in [0.05, 0.1) is 0 Å². The van der Waals surface area contributed by atoms with Crippen LogP contribution in [0.3, 0.4) is 0 Å². The van der Waals surface area contributed by atoms with Gasteiger partial charge in [-0.05, 0) is 25.3 Å². The molecule has 0 saturated heterocycles. The molecule has 0 unspecified atom stereocenters. The van der Waals surface area contributed by atoms with Gasteiger partial charge >= 0.3 is 0 Å². The number of rotatable bonds is 0. The van der Waals surface area contributed by atoms with Crippen molar-refractivity contribution in [3.05, 3.63) is 22.8 Å². The van der Waals surface area contributed by atoms with E-state index in [2.05, 4.69) is 13.0 Å². The Morgan fingerprint density at radius 1 is 1.57 bits per heavy atom. The molecule has 0 N–H and O–H groups in total. The topological polar surface area (TPSA) is 0 Å². The molecular weight excluding hydrogens is 84.1 g/mol. The van der Waals surface area contributed by atoms with Gasteiger partial charge in [0.15, 0.2) is 0 Å². The lowest BCUT2D eigenvalue weighted by Gasteiger charge is -1.86. The second kappa shape index (κ2) is 0.835. The van der Waals surface area contributed by atoms with E-state index >= 15 is 0 Å². The van der Waals surface area contributed by atoms with E-state index in [1.807, 2.05) is 0 Å². The van der Waals surface area contributed by atoms with Gasteiger partial charge in [-0.1, -0.05) is 17.2 Å². The SMILES string of the molecule is CC1=CCC2=C1C2. The summed E-state index contributed by atoms with van der Waals surface area (Å²) in [6.45, 7) is 2.20. The van der Waals surface area contributed by atoms with Gasteiger partial charge in [-0.2, -0.15) is 0 Å². The van der Waals surface area contributed by atoms with Gasteiger partial charge in [-0.25, -0.2) is 0 Å². The van der Waals surface area contributed by atoms with Crippen LogP contribution >= 0.6 is 0 Å². The predicted molar refractivity (Wildman–Crippen MR) is 30.0 cm³/mol. The molecule has 0 aromatic heterocycles. The van der Waals surface area contributed by atoms with Crippen LogP contribution in [0.15, 0.2) is 22.8 Å². The van der Waals surface area contributed by atoms with Gasteiger partial charge < -0.3 is 0 Å². The molecule has 2 rings (SSSR count). The summed E-state index contributed by atoms with van der Waals surface area (Å²) in [6, 6.07) is 0. The predicted octanol–water partition coefficient (Wildman–Crippen LogP) is 2.04. The van der Waals surface area contributed by atoms with Gasteiger partial charge in [0.1, 0.15) is 0 Å². The third kappa shape index (κ3) is 0.317. The first kappa shape index (κ1) is 3.48. The van der Waals surface area contributed by atoms with Gasteiger partial charge in [-0.15, -0.1) is 0 Å². The van der Waals surface area contributed by atoms with Crippen LogP contribution in [0, 0.1) is 0 Å². The molecule has 0 nitrogen and oxygen atoms in total. The van der Waals surface area contributed by atoms with E-state index in [9.17, 15) is 0 Å². The first-order valence-electron chi connectivity index (χ1n) is 2.76. The van der Waals surface area contributed by atoms with E-state index in [0.717, 1.165) is 0 Å². The molecule has 0 heteroatoms. The van der Waals surface area contributed by atoms with Crippen LogP contribution in [0.5, 0.6) is 0 Å². The summed E-state index contributed by atoms with van der Waals surface area (Å²) in [6.07, 6.45) is 4.91. The first-order chi connectivity index (χ1) is 3.38. The molecule has 0 aromatic carbocycles. The largest absolute Gasteiger partial charge is 0.0772 e. The summed E-state index contributed by atoms with van der Waals surface area (Å²) in [5.41, 5.74) is 4.88. The maximum atomic E-state index is 2.31. The summed E-state index contributed by atoms with van der Waals surface area (Å²) in [5.74, 6) is 0. The average molecular weight is 92.1 g/mol. The van der Waals surface area contributed by atoms with Crippen LogP contribution in [-0.4, -0.2) is 0 Å². The molecule has 0 aliphatic heterocycles. The first-order valence-corrected chi connectivity index (χ1v) is 2.76. The molecule has 0 bridgehead atoms. The average Bonchev–Trinajstić information content (AvgIpc) is 2.33. The van der Waals surface area contributed by atoms with Crippen molar-refractivity contribution in [1.82, 2.24) is 0 Å². The summed E-state index contributed by atoms with van der Waals surface area (Å²) in [4.78, 5) is 0. The lowest BCUT2D eigenvalue weighted by molar-refractivity contribution is 1.22. The Bertz CT molecular complexity index is 170. The zero-order valence-corrected chi connectivity index (χ0v) is 4.49. The Labute approximate surface area is 43.5 Å². The molecule has 0 heterocycles. The summed E-state index contributed by atoms with van der Waals surface area (Å²) >= 11 is 0. The molecule has 2 aliphatic carbocycles. The highest BCUT2D eigenvalue weighted by atomic mass is 14.3. The standard InChI is InChI=1S/C7H8/c1-5-2-3-6-4-7(5)6/h2H,3-4H2,1H3. The second-order valence-corrected chi connectivity index (χ2v) is 2.35. The Kier molecular flexibility index (Phi) is 0.415. The number of hydrogen-bond acceptors (Lipinski definition) is 0. The van der Waals surface area contributed by atoms with Crippen molar-refractivity contribution >= 4 is 0 Å². The third-order valence-corrected chi connectivity index (χ3v) is 1.82. The Morgan fingerprint density at radius 3 is 2.57 bits per heavy atom. The number of allylic oxidation sites excluding steroid dienone is 4. The van der Waals surface area contributed by atoms with Crippen LogP contribution in [0.4, 0.5) is 0 Å². The van der Waals surface area contributed by atoms with Crippen molar-refractivity contribution in [2.75, 3.05) is 0 Å². The molecular formula is C7H8. The van der Waals surface area contributed by atoms with Gasteiger partial charge in [0.25, 0.3) is 0 Å². The minimum Gasteiger partial charge on any atom is -0.0772 e. The van der Waals surface area contributed by atoms with Gasteiger partial charge in [-0.3, -0.25) is 0 Å². The van der Waals surface area contributed by atoms with Crippen LogP contribution in [0.25, 0.3) is 0 Å². The Balaban J connectivity index is 2.43. The summed E-state index contributed by atoms with van der Waals surface area (Å²) in [5, 5.41) is 0. The summed E-state index contributed by atoms with van der Waals surface area (Å²) in [7, 11) is 0. The molecule has 0 atom stereocenters. The van der Waals surface area contributed by atoms with E-state index in [-0.39, 0.29) is 0 Å². The third-order valence-electron chi connectivity index (χ3n) is 1.82. The zero-order chi connectivity index (χ0) is 4.85. The summed E-state index contributed by atoms with van der Waals surface area (Å²) < 4.78 is 0. The van der Waals surface area contributed by atoms with E-state index in [4.69, 9.17) is 0 Å². The highest BCUT2D eigenvalue weighted by molar-refractivity contribution is 5.55. The quantitative estimate of drug-likeness (QED) is 0.429. The molecule has 0 saturated carbocycles. The van der Waals surface area contributed by atoms with E-state index in [1.54, 1.807) is 11.1 Å². The van der Waals surface area contributed by atoms with Crippen LogP contribution < -0.4 is 0 Å². The normalized spacial score (nSPS) is 25.0. The smallest absolute Gasteiger partial charge is 0.00556 e. The van der Waals surface area contributed by atoms with Crippen molar-refractivity contribution in [2.24, 2.45) is 0 Å². The molecule has 0 radical (unpaired) electrons. The van der Waals surface area contributed by atoms with Crippen molar-refractivity contribution in [1.29, 1.82) is 0 Å². The maximum Gasteiger partial charge on any atom is -0.00556 e. The van der Waals surface area contributed by atoms with Crippen LogP contribution in [-0.2, 0) is 0 Å². The van der Waals surface area contributed by atoms with Gasteiger partial charge in [0, 0.05) is 0 Å². The molecule has 0 spiro atoms. The maximum absolute atomic E-state index is 2.31. The van der Waals surface area contributed by atoms with Crippen molar-refractivity contribution in [2.45, 2.75) is 19.8 Å². The highest BCUT2D eigenvalue weighted by Crippen LogP contribution is 2.44. The fraction of sp³-hybridized carbons (Fsp3) is 0.429. The van der Waals surface area contributed by atoms with Gasteiger partial charge in [0.2, 0.25) is 0 Å². The zero-order valence-electron chi connectivity index (χ0n) is 4.49. The highest BCUT2D eigenvalue weighted by Gasteiger charge is 2.25. The van der Waals surface area contributed by atoms with E-state index in [1.165, 1.54) is 18.4 Å². The lowest BCUT2D eigenvalue weighted by atomic mass is 10.2. The van der Waals surface area contributed by atoms with Crippen LogP contribution in [0.1, 0.15) is 19.8 Å². The fourth-order valence-electron chi connectivity index (χ4n) is 1.18. The lowest BCUT2D eigenvalue weighted by Crippen LogP contribution is -1.66. The molecule has 0 aromatic rings. The molecule has 2 aliphatic rings. The molecule has 0 fully saturated rings. The van der Waals surface area contributed by atoms with E-state index in [0.29, 0.717) is 0 Å². The molecule has 7 heavy (non-hydrogen) atoms. The molecule has 0 amide bonds. The minimum absolute atomic E-state index is 1.27. The van der Waals surface area contributed by atoms with Crippen molar-refractivity contribution in [3.8, 4) is 0 Å². The molecule has 36 valence electrons. The monoisotopic (exact) mass is 92.1 g/mol. The minimum atomic E-state index is 1.27. The van der Waals surface area contributed by atoms with E-state index < -0.39 is 0 Å². The Morgan fingerprint density at radius 2 is 2.43 bits per heavy atom. The van der Waals surface area contributed by atoms with Crippen molar-refractivity contribution < 1.29 is 0 Å². The fourth-order valence-corrected chi connectivity index (χ4v) is 1.18. The second-order valence-electron chi connectivity index (χ2n) is 2.35. The van der Waals surface area contributed by atoms with Crippen LogP contribution in [0.2, 0.25) is 0 Å².